The Kier molecular flexibility index (Phi) is 3.80. The highest BCUT2D eigenvalue weighted by atomic mass is 32.2. The maximum atomic E-state index is 5.90. The Labute approximate surface area is 118 Å². The van der Waals surface area contributed by atoms with Crippen LogP contribution in [0.1, 0.15) is 26.2 Å². The van der Waals surface area contributed by atoms with Crippen LogP contribution in [-0.4, -0.2) is 16.8 Å². The third-order valence-corrected chi connectivity index (χ3v) is 5.28. The van der Waals surface area contributed by atoms with Gasteiger partial charge < -0.3 is 10.2 Å². The van der Waals surface area contributed by atoms with Gasteiger partial charge >= 0.3 is 0 Å². The highest BCUT2D eigenvalue weighted by molar-refractivity contribution is 7.99. The zero-order valence-electron chi connectivity index (χ0n) is 11.2. The van der Waals surface area contributed by atoms with E-state index in [9.17, 15) is 0 Å². The molecule has 1 fully saturated rings. The highest BCUT2D eigenvalue weighted by Gasteiger charge is 2.29. The average Bonchev–Trinajstić information content (AvgIpc) is 2.81. The van der Waals surface area contributed by atoms with Crippen molar-refractivity contribution >= 4 is 22.9 Å². The Morgan fingerprint density at radius 2 is 2.21 bits per heavy atom. The average molecular weight is 276 g/mol. The molecule has 19 heavy (non-hydrogen) atoms. The number of rotatable bonds is 3. The molecule has 0 spiro atoms. The van der Waals surface area contributed by atoms with Crippen molar-refractivity contribution in [2.24, 2.45) is 17.6 Å². The van der Waals surface area contributed by atoms with Gasteiger partial charge in [-0.25, -0.2) is 4.98 Å². The lowest BCUT2D eigenvalue weighted by Gasteiger charge is -2.32. The van der Waals surface area contributed by atoms with Crippen molar-refractivity contribution in [3.05, 3.63) is 24.3 Å². The molecule has 102 valence electrons. The maximum absolute atomic E-state index is 5.90. The van der Waals surface area contributed by atoms with Crippen LogP contribution in [0.3, 0.4) is 0 Å². The molecule has 2 N–H and O–H groups in total. The summed E-state index contributed by atoms with van der Waals surface area (Å²) in [4.78, 5) is 4.56. The van der Waals surface area contributed by atoms with E-state index in [0.29, 0.717) is 11.2 Å². The summed E-state index contributed by atoms with van der Waals surface area (Å²) in [5.74, 6) is 1.38. The van der Waals surface area contributed by atoms with Crippen LogP contribution in [0.15, 0.2) is 33.9 Å². The second-order valence-electron chi connectivity index (χ2n) is 5.52. The van der Waals surface area contributed by atoms with E-state index >= 15 is 0 Å². The number of nitrogens with two attached hydrogens (primary N) is 1. The summed E-state index contributed by atoms with van der Waals surface area (Å²) in [6.45, 7) is 3.09. The zero-order chi connectivity index (χ0) is 13.2. The molecule has 0 bridgehead atoms. The Morgan fingerprint density at radius 1 is 1.37 bits per heavy atom. The van der Waals surface area contributed by atoms with Gasteiger partial charge in [0.05, 0.1) is 0 Å². The predicted molar refractivity (Wildman–Crippen MR) is 79.2 cm³/mol. The summed E-state index contributed by atoms with van der Waals surface area (Å²) in [7, 11) is 0. The van der Waals surface area contributed by atoms with E-state index < -0.39 is 0 Å². The normalized spacial score (nSPS) is 27.8. The molecule has 1 heterocycles. The van der Waals surface area contributed by atoms with Gasteiger partial charge in [0, 0.05) is 5.25 Å². The first-order valence-electron chi connectivity index (χ1n) is 6.98. The van der Waals surface area contributed by atoms with Crippen LogP contribution < -0.4 is 5.73 Å². The van der Waals surface area contributed by atoms with Crippen LogP contribution in [0.25, 0.3) is 11.1 Å². The second kappa shape index (κ2) is 5.55. The lowest BCUT2D eigenvalue weighted by molar-refractivity contribution is 0.304. The molecule has 1 aromatic carbocycles. The van der Waals surface area contributed by atoms with E-state index in [2.05, 4.69) is 11.9 Å². The minimum atomic E-state index is 0.543. The Hall–Kier alpha value is -1.00. The second-order valence-corrected chi connectivity index (χ2v) is 6.71. The molecule has 1 saturated carbocycles. The van der Waals surface area contributed by atoms with E-state index in [4.69, 9.17) is 10.2 Å². The molecule has 0 radical (unpaired) electrons. The first-order valence-corrected chi connectivity index (χ1v) is 7.86. The van der Waals surface area contributed by atoms with E-state index in [1.807, 2.05) is 24.3 Å². The van der Waals surface area contributed by atoms with Crippen molar-refractivity contribution in [3.8, 4) is 0 Å². The Bertz CT molecular complexity index is 521. The van der Waals surface area contributed by atoms with Crippen LogP contribution >= 0.6 is 11.8 Å². The van der Waals surface area contributed by atoms with Gasteiger partial charge in [-0.2, -0.15) is 0 Å². The van der Waals surface area contributed by atoms with Gasteiger partial charge in [-0.05, 0) is 43.4 Å². The molecule has 3 rings (SSSR count). The number of nitrogens with zero attached hydrogens (tertiary/aromatic N) is 1. The maximum Gasteiger partial charge on any atom is 0.257 e. The summed E-state index contributed by atoms with van der Waals surface area (Å²) in [5.41, 5.74) is 7.72. The zero-order valence-corrected chi connectivity index (χ0v) is 12.0. The van der Waals surface area contributed by atoms with Gasteiger partial charge in [0.25, 0.3) is 5.22 Å². The standard InChI is InChI=1S/C15H20N2OS/c1-10-6-7-11(9-16)14(8-10)19-15-17-12-4-2-3-5-13(12)18-15/h2-5,10-11,14H,6-9,16H2,1H3. The van der Waals surface area contributed by atoms with Crippen LogP contribution in [0, 0.1) is 11.8 Å². The fourth-order valence-corrected chi connectivity index (χ4v) is 4.25. The van der Waals surface area contributed by atoms with Gasteiger partial charge in [-0.3, -0.25) is 0 Å². The van der Waals surface area contributed by atoms with Crippen molar-refractivity contribution in [1.29, 1.82) is 0 Å². The summed E-state index contributed by atoms with van der Waals surface area (Å²) in [6, 6.07) is 7.93. The molecule has 3 atom stereocenters. The first-order chi connectivity index (χ1) is 9.26. The van der Waals surface area contributed by atoms with Gasteiger partial charge in [-0.1, -0.05) is 37.2 Å². The molecular formula is C15H20N2OS. The number of hydrogen-bond donors (Lipinski definition) is 1. The molecule has 0 aliphatic heterocycles. The summed E-state index contributed by atoms with van der Waals surface area (Å²) < 4.78 is 5.81. The molecule has 1 aliphatic carbocycles. The fourth-order valence-electron chi connectivity index (χ4n) is 2.84. The number of benzene rings is 1. The van der Waals surface area contributed by atoms with Crippen LogP contribution in [0.5, 0.6) is 0 Å². The summed E-state index contributed by atoms with van der Waals surface area (Å²) in [5, 5.41) is 1.33. The third kappa shape index (κ3) is 2.79. The largest absolute Gasteiger partial charge is 0.431 e. The Morgan fingerprint density at radius 3 is 3.00 bits per heavy atom. The molecule has 0 amide bonds. The number of hydrogen-bond acceptors (Lipinski definition) is 4. The highest BCUT2D eigenvalue weighted by Crippen LogP contribution is 2.39. The van der Waals surface area contributed by atoms with E-state index in [1.165, 1.54) is 19.3 Å². The molecular weight excluding hydrogens is 256 g/mol. The number of thioether (sulfide) groups is 1. The van der Waals surface area contributed by atoms with Gasteiger partial charge in [-0.15, -0.1) is 0 Å². The summed E-state index contributed by atoms with van der Waals surface area (Å²) in [6.07, 6.45) is 3.74. The van der Waals surface area contributed by atoms with Crippen LogP contribution in [0.4, 0.5) is 0 Å². The van der Waals surface area contributed by atoms with Gasteiger partial charge in [0.2, 0.25) is 0 Å². The predicted octanol–water partition coefficient (Wildman–Crippen LogP) is 3.68. The van der Waals surface area contributed by atoms with Crippen molar-refractivity contribution in [2.45, 2.75) is 36.7 Å². The molecule has 3 nitrogen and oxygen atoms in total. The first kappa shape index (κ1) is 13.0. The Balaban J connectivity index is 1.78. The van der Waals surface area contributed by atoms with Crippen LogP contribution in [-0.2, 0) is 0 Å². The quantitative estimate of drug-likeness (QED) is 0.929. The number of fused-ring (bicyclic) bond motifs is 1. The number of para-hydroxylation sites is 2. The minimum absolute atomic E-state index is 0.543. The lowest BCUT2D eigenvalue weighted by Crippen LogP contribution is -2.31. The van der Waals surface area contributed by atoms with E-state index in [-0.39, 0.29) is 0 Å². The molecule has 2 aromatic rings. The van der Waals surface area contributed by atoms with Crippen LogP contribution in [0.2, 0.25) is 0 Å². The minimum Gasteiger partial charge on any atom is -0.431 e. The van der Waals surface area contributed by atoms with E-state index in [1.54, 1.807) is 11.8 Å². The smallest absolute Gasteiger partial charge is 0.257 e. The van der Waals surface area contributed by atoms with Crippen molar-refractivity contribution < 1.29 is 4.42 Å². The molecule has 3 unspecified atom stereocenters. The molecule has 1 aromatic heterocycles. The summed E-state index contributed by atoms with van der Waals surface area (Å²) >= 11 is 1.77. The number of oxazole rings is 1. The van der Waals surface area contributed by atoms with Crippen molar-refractivity contribution in [2.75, 3.05) is 6.54 Å². The SMILES string of the molecule is CC1CCC(CN)C(Sc2nc3ccccc3o2)C1. The molecule has 4 heteroatoms. The van der Waals surface area contributed by atoms with E-state index in [0.717, 1.165) is 28.8 Å². The van der Waals surface area contributed by atoms with Crippen molar-refractivity contribution in [3.63, 3.8) is 0 Å². The van der Waals surface area contributed by atoms with Gasteiger partial charge in [0.15, 0.2) is 5.58 Å². The van der Waals surface area contributed by atoms with Crippen molar-refractivity contribution in [1.82, 2.24) is 4.98 Å². The van der Waals surface area contributed by atoms with Gasteiger partial charge in [0.1, 0.15) is 5.52 Å². The molecule has 0 saturated heterocycles. The third-order valence-electron chi connectivity index (χ3n) is 4.02. The number of aromatic nitrogens is 1. The lowest BCUT2D eigenvalue weighted by atomic mass is 9.82. The molecule has 1 aliphatic rings. The fraction of sp³-hybridized carbons (Fsp3) is 0.533. The topological polar surface area (TPSA) is 52.0 Å². The monoisotopic (exact) mass is 276 g/mol.